The van der Waals surface area contributed by atoms with E-state index in [4.69, 9.17) is 10.5 Å². The predicted molar refractivity (Wildman–Crippen MR) is 82.4 cm³/mol. The summed E-state index contributed by atoms with van der Waals surface area (Å²) in [5, 5.41) is 9.87. The molecule has 0 aromatic heterocycles. The van der Waals surface area contributed by atoms with E-state index in [1.165, 1.54) is 0 Å². The Morgan fingerprint density at radius 1 is 1.25 bits per heavy atom. The molecule has 0 saturated carbocycles. The van der Waals surface area contributed by atoms with Gasteiger partial charge in [0.25, 0.3) is 0 Å². The number of aliphatic hydroxyl groups is 1. The number of nitrogens with two attached hydrogens (primary N) is 1. The maximum Gasteiger partial charge on any atom is 0.121 e. The van der Waals surface area contributed by atoms with Crippen molar-refractivity contribution in [2.24, 2.45) is 0 Å². The number of benzene rings is 1. The number of nitrogen functional groups attached to an aromatic ring is 1. The Labute approximate surface area is 120 Å². The summed E-state index contributed by atoms with van der Waals surface area (Å²) < 4.78 is 5.26. The van der Waals surface area contributed by atoms with Crippen molar-refractivity contribution in [2.75, 3.05) is 50.5 Å². The zero-order valence-electron chi connectivity index (χ0n) is 12.6. The van der Waals surface area contributed by atoms with Crippen LogP contribution < -0.4 is 15.4 Å². The van der Waals surface area contributed by atoms with Gasteiger partial charge < -0.3 is 20.5 Å². The topological polar surface area (TPSA) is 62.0 Å². The lowest BCUT2D eigenvalue weighted by atomic mass is 10.1. The van der Waals surface area contributed by atoms with Gasteiger partial charge in [0, 0.05) is 38.8 Å². The number of methoxy groups -OCH3 is 1. The molecule has 1 aromatic carbocycles. The Hall–Kier alpha value is -1.46. The van der Waals surface area contributed by atoms with Gasteiger partial charge in [-0.1, -0.05) is 0 Å². The van der Waals surface area contributed by atoms with Gasteiger partial charge in [-0.25, -0.2) is 0 Å². The molecule has 1 aliphatic rings. The molecule has 0 radical (unpaired) electrons. The largest absolute Gasteiger partial charge is 0.497 e. The molecule has 0 atom stereocenters. The summed E-state index contributed by atoms with van der Waals surface area (Å²) in [5.41, 5.74) is 7.23. The van der Waals surface area contributed by atoms with Crippen LogP contribution in [0.15, 0.2) is 18.2 Å². The maximum absolute atomic E-state index is 9.87. The molecule has 20 heavy (non-hydrogen) atoms. The third-order valence-electron chi connectivity index (χ3n) is 3.56. The van der Waals surface area contributed by atoms with Crippen molar-refractivity contribution in [3.05, 3.63) is 18.2 Å². The number of anilines is 2. The van der Waals surface area contributed by atoms with Crippen molar-refractivity contribution < 1.29 is 9.84 Å². The van der Waals surface area contributed by atoms with Crippen LogP contribution in [-0.4, -0.2) is 55.4 Å². The van der Waals surface area contributed by atoms with Crippen molar-refractivity contribution in [2.45, 2.75) is 19.4 Å². The van der Waals surface area contributed by atoms with E-state index in [2.05, 4.69) is 9.80 Å². The Morgan fingerprint density at radius 2 is 1.90 bits per heavy atom. The number of rotatable bonds is 4. The van der Waals surface area contributed by atoms with E-state index >= 15 is 0 Å². The Balaban J connectivity index is 2.00. The van der Waals surface area contributed by atoms with Crippen LogP contribution in [-0.2, 0) is 0 Å². The smallest absolute Gasteiger partial charge is 0.121 e. The molecule has 3 N–H and O–H groups in total. The van der Waals surface area contributed by atoms with Crippen molar-refractivity contribution in [3.8, 4) is 5.75 Å². The summed E-state index contributed by atoms with van der Waals surface area (Å²) in [6.45, 7) is 8.08. The summed E-state index contributed by atoms with van der Waals surface area (Å²) in [6, 6.07) is 5.75. The predicted octanol–water partition coefficient (Wildman–Crippen LogP) is 1.17. The van der Waals surface area contributed by atoms with Crippen LogP contribution in [0.5, 0.6) is 5.75 Å². The van der Waals surface area contributed by atoms with E-state index in [1.54, 1.807) is 7.11 Å². The molecule has 0 unspecified atom stereocenters. The van der Waals surface area contributed by atoms with Crippen molar-refractivity contribution in [3.63, 3.8) is 0 Å². The minimum absolute atomic E-state index is 0.642. The lowest BCUT2D eigenvalue weighted by Crippen LogP contribution is -2.50. The standard InChI is InChI=1S/C15H25N3O2/c1-15(2,19)11-17-6-8-18(9-7-17)14-10-12(20-3)4-5-13(14)16/h4-5,10,19H,6-9,11,16H2,1-3H3. The second kappa shape index (κ2) is 5.89. The highest BCUT2D eigenvalue weighted by atomic mass is 16.5. The Morgan fingerprint density at radius 3 is 2.45 bits per heavy atom. The first kappa shape index (κ1) is 14.9. The monoisotopic (exact) mass is 279 g/mol. The number of nitrogens with zero attached hydrogens (tertiary/aromatic N) is 2. The molecular formula is C15H25N3O2. The van der Waals surface area contributed by atoms with Crippen LogP contribution in [0.1, 0.15) is 13.8 Å². The van der Waals surface area contributed by atoms with Gasteiger partial charge in [0.05, 0.1) is 24.1 Å². The second-order valence-electron chi connectivity index (χ2n) is 6.00. The summed E-state index contributed by atoms with van der Waals surface area (Å²) >= 11 is 0. The average molecular weight is 279 g/mol. The zero-order chi connectivity index (χ0) is 14.8. The molecular weight excluding hydrogens is 254 g/mol. The molecule has 112 valence electrons. The molecule has 0 bridgehead atoms. The van der Waals surface area contributed by atoms with E-state index in [1.807, 2.05) is 32.0 Å². The molecule has 5 heteroatoms. The molecule has 1 aliphatic heterocycles. The Kier molecular flexibility index (Phi) is 4.40. The second-order valence-corrected chi connectivity index (χ2v) is 6.00. The number of hydrogen-bond acceptors (Lipinski definition) is 5. The van der Waals surface area contributed by atoms with E-state index in [0.717, 1.165) is 43.3 Å². The van der Waals surface area contributed by atoms with Gasteiger partial charge in [-0.15, -0.1) is 0 Å². The minimum Gasteiger partial charge on any atom is -0.497 e. The third-order valence-corrected chi connectivity index (χ3v) is 3.56. The SMILES string of the molecule is COc1ccc(N)c(N2CCN(CC(C)(C)O)CC2)c1. The van der Waals surface area contributed by atoms with Gasteiger partial charge in [0.15, 0.2) is 0 Å². The number of piperazine rings is 1. The zero-order valence-corrected chi connectivity index (χ0v) is 12.6. The highest BCUT2D eigenvalue weighted by Gasteiger charge is 2.23. The maximum atomic E-state index is 9.87. The molecule has 2 rings (SSSR count). The highest BCUT2D eigenvalue weighted by molar-refractivity contribution is 5.69. The fourth-order valence-corrected chi connectivity index (χ4v) is 2.62. The third kappa shape index (κ3) is 3.77. The van der Waals surface area contributed by atoms with E-state index in [-0.39, 0.29) is 0 Å². The minimum atomic E-state index is -0.642. The molecule has 0 amide bonds. The van der Waals surface area contributed by atoms with E-state index in [0.29, 0.717) is 6.54 Å². The number of ether oxygens (including phenoxy) is 1. The number of hydrogen-bond donors (Lipinski definition) is 2. The molecule has 1 fully saturated rings. The lowest BCUT2D eigenvalue weighted by molar-refractivity contribution is 0.0345. The molecule has 5 nitrogen and oxygen atoms in total. The van der Waals surface area contributed by atoms with E-state index < -0.39 is 5.60 Å². The van der Waals surface area contributed by atoms with Crippen molar-refractivity contribution >= 4 is 11.4 Å². The van der Waals surface area contributed by atoms with Crippen LogP contribution in [0.3, 0.4) is 0 Å². The van der Waals surface area contributed by atoms with Crippen LogP contribution in [0, 0.1) is 0 Å². The number of β-amino-alcohol motifs (C(OH)–C–C–N with tert-alkyl or cyclic N) is 1. The van der Waals surface area contributed by atoms with Crippen molar-refractivity contribution in [1.29, 1.82) is 0 Å². The van der Waals surface area contributed by atoms with Gasteiger partial charge in [0.2, 0.25) is 0 Å². The lowest BCUT2D eigenvalue weighted by Gasteiger charge is -2.38. The van der Waals surface area contributed by atoms with E-state index in [9.17, 15) is 5.11 Å². The first-order valence-corrected chi connectivity index (χ1v) is 7.02. The molecule has 1 aromatic rings. The summed E-state index contributed by atoms with van der Waals surface area (Å²) in [7, 11) is 1.66. The first-order chi connectivity index (χ1) is 9.39. The highest BCUT2D eigenvalue weighted by Crippen LogP contribution is 2.29. The molecule has 0 spiro atoms. The molecule has 1 saturated heterocycles. The Bertz CT molecular complexity index is 449. The van der Waals surface area contributed by atoms with Crippen molar-refractivity contribution in [1.82, 2.24) is 4.90 Å². The van der Waals surface area contributed by atoms with Crippen LogP contribution in [0.4, 0.5) is 11.4 Å². The quantitative estimate of drug-likeness (QED) is 0.810. The molecule has 1 heterocycles. The average Bonchev–Trinajstić information content (AvgIpc) is 2.39. The summed E-state index contributed by atoms with van der Waals surface area (Å²) in [5.74, 6) is 0.827. The molecule has 0 aliphatic carbocycles. The summed E-state index contributed by atoms with van der Waals surface area (Å²) in [4.78, 5) is 4.56. The van der Waals surface area contributed by atoms with Crippen LogP contribution in [0.25, 0.3) is 0 Å². The summed E-state index contributed by atoms with van der Waals surface area (Å²) in [6.07, 6.45) is 0. The van der Waals surface area contributed by atoms with Crippen LogP contribution >= 0.6 is 0 Å². The fourth-order valence-electron chi connectivity index (χ4n) is 2.62. The van der Waals surface area contributed by atoms with Gasteiger partial charge >= 0.3 is 0 Å². The van der Waals surface area contributed by atoms with Gasteiger partial charge in [-0.2, -0.15) is 0 Å². The van der Waals surface area contributed by atoms with Gasteiger partial charge in [0.1, 0.15) is 5.75 Å². The first-order valence-electron chi connectivity index (χ1n) is 7.02. The fraction of sp³-hybridized carbons (Fsp3) is 0.600. The van der Waals surface area contributed by atoms with Gasteiger partial charge in [-0.3, -0.25) is 4.90 Å². The van der Waals surface area contributed by atoms with Crippen LogP contribution in [0.2, 0.25) is 0 Å². The van der Waals surface area contributed by atoms with Gasteiger partial charge in [-0.05, 0) is 26.0 Å². The normalized spacial score (nSPS) is 17.3.